The Morgan fingerprint density at radius 2 is 0.979 bits per heavy atom. The van der Waals surface area contributed by atoms with E-state index in [0.29, 0.717) is 0 Å². The lowest BCUT2D eigenvalue weighted by Gasteiger charge is -2.46. The topological polar surface area (TPSA) is 179 Å². The van der Waals surface area contributed by atoms with E-state index in [4.69, 9.17) is 14.2 Å². The molecule has 0 aromatic heterocycles. The maximum Gasteiger partial charge on any atom is 0.438 e. The van der Waals surface area contributed by atoms with Crippen LogP contribution in [0.2, 0.25) is 0 Å². The highest BCUT2D eigenvalue weighted by Crippen LogP contribution is 2.64. The molecule has 2 aliphatic heterocycles. The van der Waals surface area contributed by atoms with Gasteiger partial charge in [-0.2, -0.15) is 61.5 Å². The maximum atomic E-state index is 14.1. The lowest BCUT2D eigenvalue weighted by Crippen LogP contribution is -2.75. The molecule has 286 valence electrons. The summed E-state index contributed by atoms with van der Waals surface area (Å²) >= 11 is 0. The van der Waals surface area contributed by atoms with Crippen molar-refractivity contribution in [3.8, 4) is 0 Å². The van der Waals surface area contributed by atoms with Crippen molar-refractivity contribution in [2.45, 2.75) is 116 Å². The summed E-state index contributed by atoms with van der Waals surface area (Å²) in [5.74, 6) is -31.3. The van der Waals surface area contributed by atoms with Crippen LogP contribution in [0.5, 0.6) is 0 Å². The van der Waals surface area contributed by atoms with Crippen LogP contribution in [0, 0.1) is 0 Å². The maximum absolute atomic E-state index is 14.1. The zero-order chi connectivity index (χ0) is 37.6. The molecule has 7 N–H and O–H groups in total. The number of halogens is 15. The van der Waals surface area contributed by atoms with Gasteiger partial charge in [-0.15, -0.1) is 0 Å². The third-order valence-electron chi connectivity index (χ3n) is 7.34. The number of aliphatic hydroxyl groups excluding tert-OH is 7. The van der Waals surface area contributed by atoms with Gasteiger partial charge < -0.3 is 54.7 Å². The highest BCUT2D eigenvalue weighted by Gasteiger charge is 2.95. The Bertz CT molecular complexity index is 1050. The van der Waals surface area contributed by atoms with Gasteiger partial charge in [0.2, 0.25) is 0 Å². The molecule has 2 fully saturated rings. The SMILES string of the molecule is OC[C@@H]1O[C@H](OCCCC(F)(F)C(F)(F)C(F)(F)C(F)(F)C(F)(C(F)(F)F)C(F)(F)F)[C@@H](O)[C@H](O)[C@H]1O[C@H]1O[C@H](CO)[C@@H](O)[C@H](O)[C@H]1O. The molecule has 26 heteroatoms. The number of ether oxygens (including phenoxy) is 4. The molecule has 0 aromatic carbocycles. The first-order valence-electron chi connectivity index (χ1n) is 13.0. The van der Waals surface area contributed by atoms with Crippen LogP contribution in [0.25, 0.3) is 0 Å². The van der Waals surface area contributed by atoms with Crippen molar-refractivity contribution in [1.29, 1.82) is 0 Å². The van der Waals surface area contributed by atoms with Gasteiger partial charge in [-0.1, -0.05) is 0 Å². The highest BCUT2D eigenvalue weighted by molar-refractivity contribution is 5.16. The second-order valence-corrected chi connectivity index (χ2v) is 10.6. The van der Waals surface area contributed by atoms with Crippen molar-refractivity contribution in [3.05, 3.63) is 0 Å². The average Bonchev–Trinajstić information content (AvgIpc) is 2.96. The second-order valence-electron chi connectivity index (χ2n) is 10.6. The van der Waals surface area contributed by atoms with Crippen molar-refractivity contribution in [1.82, 2.24) is 0 Å². The Balaban J connectivity index is 2.14. The molecule has 0 saturated carbocycles. The molecule has 10 atom stereocenters. The Morgan fingerprint density at radius 3 is 1.44 bits per heavy atom. The van der Waals surface area contributed by atoms with Gasteiger partial charge in [-0.05, 0) is 6.42 Å². The van der Waals surface area contributed by atoms with Crippen LogP contribution in [0.3, 0.4) is 0 Å². The summed E-state index contributed by atoms with van der Waals surface area (Å²) in [6.07, 6.45) is -40.8. The van der Waals surface area contributed by atoms with Crippen molar-refractivity contribution in [2.75, 3.05) is 19.8 Å². The molecule has 0 radical (unpaired) electrons. The molecule has 0 aromatic rings. The highest BCUT2D eigenvalue weighted by atomic mass is 19.4. The summed E-state index contributed by atoms with van der Waals surface area (Å²) in [5, 5.41) is 69.1. The van der Waals surface area contributed by atoms with E-state index >= 15 is 0 Å². The van der Waals surface area contributed by atoms with E-state index in [1.54, 1.807) is 0 Å². The molecule has 2 heterocycles. The molecule has 2 aliphatic rings. The molecule has 2 rings (SSSR count). The Morgan fingerprint density at radius 1 is 0.521 bits per heavy atom. The summed E-state index contributed by atoms with van der Waals surface area (Å²) < 4.78 is 221. The average molecular weight is 752 g/mol. The van der Waals surface area contributed by atoms with Gasteiger partial charge in [-0.3, -0.25) is 0 Å². The third kappa shape index (κ3) is 7.16. The van der Waals surface area contributed by atoms with Crippen molar-refractivity contribution >= 4 is 0 Å². The van der Waals surface area contributed by atoms with Gasteiger partial charge >= 0.3 is 41.7 Å². The summed E-state index contributed by atoms with van der Waals surface area (Å²) in [4.78, 5) is 0. The minimum Gasteiger partial charge on any atom is -0.394 e. The zero-order valence-corrected chi connectivity index (χ0v) is 23.2. The van der Waals surface area contributed by atoms with Crippen LogP contribution < -0.4 is 0 Å². The van der Waals surface area contributed by atoms with Crippen molar-refractivity contribution in [2.24, 2.45) is 0 Å². The number of aliphatic hydroxyl groups is 7. The fourth-order valence-electron chi connectivity index (χ4n) is 4.50. The van der Waals surface area contributed by atoms with Gasteiger partial charge in [0.05, 0.1) is 19.8 Å². The van der Waals surface area contributed by atoms with E-state index in [0.717, 1.165) is 0 Å². The first-order valence-corrected chi connectivity index (χ1v) is 13.0. The van der Waals surface area contributed by atoms with E-state index in [9.17, 15) is 102 Å². The van der Waals surface area contributed by atoms with Crippen LogP contribution in [0.15, 0.2) is 0 Å². The van der Waals surface area contributed by atoms with Crippen LogP contribution in [-0.4, -0.2) is 159 Å². The molecule has 2 saturated heterocycles. The second kappa shape index (κ2) is 14.3. The lowest BCUT2D eigenvalue weighted by molar-refractivity contribution is -0.457. The van der Waals surface area contributed by atoms with E-state index in [2.05, 4.69) is 4.74 Å². The predicted octanol–water partition coefficient (Wildman–Crippen LogP) is 0.781. The molecule has 11 nitrogen and oxygen atoms in total. The van der Waals surface area contributed by atoms with E-state index < -0.39 is 136 Å². The van der Waals surface area contributed by atoms with E-state index in [1.807, 2.05) is 0 Å². The molecule has 0 aliphatic carbocycles. The van der Waals surface area contributed by atoms with E-state index in [-0.39, 0.29) is 0 Å². The molecule has 0 amide bonds. The standard InChI is InChI=1S/C22H27F15O11/c23-16(24,18(26,27)20(30,31)19(28,29)17(25,21(32,33)34)22(35,36)37)2-1-3-45-14-12(44)10(42)13(7(5-39)47-14)48-15-11(43)9(41)8(40)6(4-38)46-15/h6-15,38-44H,1-5H2/t6-,7+,8-,9+,10+,11-,12+,13+,14+,15-/m1/s1. The summed E-state index contributed by atoms with van der Waals surface area (Å²) in [5.41, 5.74) is -8.43. The first-order chi connectivity index (χ1) is 21.5. The van der Waals surface area contributed by atoms with Gasteiger partial charge in [0.1, 0.15) is 48.8 Å². The largest absolute Gasteiger partial charge is 0.438 e. The predicted molar refractivity (Wildman–Crippen MR) is 117 cm³/mol. The molecule has 48 heavy (non-hydrogen) atoms. The number of hydrogen-bond donors (Lipinski definition) is 7. The minimum atomic E-state index is -8.57. The number of alkyl halides is 15. The molecular weight excluding hydrogens is 725 g/mol. The van der Waals surface area contributed by atoms with Gasteiger partial charge in [0.25, 0.3) is 0 Å². The fraction of sp³-hybridized carbons (Fsp3) is 1.00. The van der Waals surface area contributed by atoms with Crippen LogP contribution in [0.1, 0.15) is 12.8 Å². The first kappa shape index (κ1) is 42.7. The lowest BCUT2D eigenvalue weighted by atomic mass is 9.85. The minimum absolute atomic E-state index is 0.945. The van der Waals surface area contributed by atoms with Crippen molar-refractivity contribution < 1.29 is 121 Å². The molecule has 0 bridgehead atoms. The van der Waals surface area contributed by atoms with Crippen LogP contribution in [0.4, 0.5) is 65.9 Å². The number of rotatable bonds is 13. The normalized spacial score (nSPS) is 33.6. The van der Waals surface area contributed by atoms with Gasteiger partial charge in [0.15, 0.2) is 12.6 Å². The zero-order valence-electron chi connectivity index (χ0n) is 23.2. The number of hydrogen-bond acceptors (Lipinski definition) is 11. The van der Waals surface area contributed by atoms with Crippen molar-refractivity contribution in [3.63, 3.8) is 0 Å². The summed E-state index contributed by atoms with van der Waals surface area (Å²) in [7, 11) is 0. The Kier molecular flexibility index (Phi) is 12.7. The summed E-state index contributed by atoms with van der Waals surface area (Å²) in [6.45, 7) is -3.57. The Labute approximate surface area is 257 Å². The quantitative estimate of drug-likeness (QED) is 0.105. The van der Waals surface area contributed by atoms with Crippen LogP contribution >= 0.6 is 0 Å². The Hall–Kier alpha value is -1.49. The molecule has 0 spiro atoms. The third-order valence-corrected chi connectivity index (χ3v) is 7.34. The van der Waals surface area contributed by atoms with Gasteiger partial charge in [0, 0.05) is 6.42 Å². The monoisotopic (exact) mass is 752 g/mol. The molecule has 0 unspecified atom stereocenters. The fourth-order valence-corrected chi connectivity index (χ4v) is 4.50. The van der Waals surface area contributed by atoms with Gasteiger partial charge in [-0.25, -0.2) is 4.39 Å². The summed E-state index contributed by atoms with van der Waals surface area (Å²) in [6, 6.07) is 0. The van der Waals surface area contributed by atoms with E-state index in [1.165, 1.54) is 0 Å². The smallest absolute Gasteiger partial charge is 0.394 e. The van der Waals surface area contributed by atoms with Crippen LogP contribution in [-0.2, 0) is 18.9 Å². The molecular formula is C22H27F15O11.